The van der Waals surface area contributed by atoms with Gasteiger partial charge < -0.3 is 4.74 Å². The predicted octanol–water partition coefficient (Wildman–Crippen LogP) is 1.21. The van der Waals surface area contributed by atoms with Crippen LogP contribution in [0, 0.1) is 6.92 Å². The summed E-state index contributed by atoms with van der Waals surface area (Å²) in [4.78, 5) is 14.2. The minimum absolute atomic E-state index is 0.464. The normalized spacial score (nSPS) is 9.27. The summed E-state index contributed by atoms with van der Waals surface area (Å²) < 4.78 is 4.92. The molecule has 0 bridgehead atoms. The van der Waals surface area contributed by atoms with Crippen LogP contribution >= 0.6 is 0 Å². The minimum atomic E-state index is 0.464. The van der Waals surface area contributed by atoms with Gasteiger partial charge in [-0.05, 0) is 18.6 Å². The molecule has 0 spiro atoms. The fourth-order valence-corrected chi connectivity index (χ4v) is 0.795. The fraction of sp³-hybridized carbons (Fsp3) is 0.250. The SMILES string of the molecule is COc1cnc(C=O)c(C)c1. The maximum absolute atomic E-state index is 10.3. The van der Waals surface area contributed by atoms with Gasteiger partial charge in [0.1, 0.15) is 11.4 Å². The Hall–Kier alpha value is -1.38. The van der Waals surface area contributed by atoms with Crippen LogP contribution in [0.5, 0.6) is 5.75 Å². The van der Waals surface area contributed by atoms with E-state index in [1.165, 1.54) is 6.20 Å². The number of aromatic nitrogens is 1. The van der Waals surface area contributed by atoms with Gasteiger partial charge in [-0.25, -0.2) is 4.98 Å². The first-order chi connectivity index (χ1) is 5.27. The third-order valence-corrected chi connectivity index (χ3v) is 1.44. The second kappa shape index (κ2) is 3.14. The zero-order chi connectivity index (χ0) is 8.27. The summed E-state index contributed by atoms with van der Waals surface area (Å²) in [6.07, 6.45) is 2.26. The van der Waals surface area contributed by atoms with Crippen LogP contribution in [0.1, 0.15) is 16.1 Å². The number of nitrogens with zero attached hydrogens (tertiary/aromatic N) is 1. The molecule has 0 aliphatic rings. The van der Waals surface area contributed by atoms with Crippen molar-refractivity contribution in [3.63, 3.8) is 0 Å². The molecule has 0 amide bonds. The Labute approximate surface area is 65.0 Å². The third-order valence-electron chi connectivity index (χ3n) is 1.44. The van der Waals surface area contributed by atoms with Crippen molar-refractivity contribution in [1.82, 2.24) is 4.98 Å². The molecule has 0 radical (unpaired) electrons. The Morgan fingerprint density at radius 3 is 2.82 bits per heavy atom. The van der Waals surface area contributed by atoms with Crippen molar-refractivity contribution in [2.45, 2.75) is 6.92 Å². The highest BCUT2D eigenvalue weighted by Crippen LogP contribution is 2.11. The van der Waals surface area contributed by atoms with Crippen molar-refractivity contribution in [2.75, 3.05) is 7.11 Å². The molecule has 58 valence electrons. The van der Waals surface area contributed by atoms with Crippen LogP contribution in [0.25, 0.3) is 0 Å². The Kier molecular flexibility index (Phi) is 2.21. The van der Waals surface area contributed by atoms with Crippen molar-refractivity contribution < 1.29 is 9.53 Å². The fourth-order valence-electron chi connectivity index (χ4n) is 0.795. The Morgan fingerprint density at radius 1 is 1.64 bits per heavy atom. The molecule has 11 heavy (non-hydrogen) atoms. The number of aldehydes is 1. The lowest BCUT2D eigenvalue weighted by atomic mass is 10.2. The molecule has 0 aliphatic carbocycles. The average molecular weight is 151 g/mol. The summed E-state index contributed by atoms with van der Waals surface area (Å²) in [7, 11) is 1.57. The highest BCUT2D eigenvalue weighted by atomic mass is 16.5. The van der Waals surface area contributed by atoms with E-state index in [4.69, 9.17) is 4.74 Å². The molecule has 0 aliphatic heterocycles. The molecule has 1 aromatic rings. The monoisotopic (exact) mass is 151 g/mol. The number of methoxy groups -OCH3 is 1. The third kappa shape index (κ3) is 1.55. The van der Waals surface area contributed by atoms with Gasteiger partial charge in [0.05, 0.1) is 13.3 Å². The maximum atomic E-state index is 10.3. The number of aryl methyl sites for hydroxylation is 1. The molecule has 0 N–H and O–H groups in total. The van der Waals surface area contributed by atoms with Gasteiger partial charge >= 0.3 is 0 Å². The van der Waals surface area contributed by atoms with Gasteiger partial charge in [0.15, 0.2) is 6.29 Å². The number of rotatable bonds is 2. The molecule has 3 nitrogen and oxygen atoms in total. The van der Waals surface area contributed by atoms with E-state index in [1.807, 2.05) is 6.92 Å². The number of carbonyl (C=O) groups is 1. The van der Waals surface area contributed by atoms with Gasteiger partial charge in [0.25, 0.3) is 0 Å². The predicted molar refractivity (Wildman–Crippen MR) is 40.9 cm³/mol. The van der Waals surface area contributed by atoms with Crippen LogP contribution in [-0.4, -0.2) is 18.4 Å². The van der Waals surface area contributed by atoms with E-state index in [2.05, 4.69) is 4.98 Å². The van der Waals surface area contributed by atoms with Gasteiger partial charge in [-0.15, -0.1) is 0 Å². The highest BCUT2D eigenvalue weighted by molar-refractivity contribution is 5.74. The van der Waals surface area contributed by atoms with E-state index in [0.717, 1.165) is 11.8 Å². The van der Waals surface area contributed by atoms with E-state index in [-0.39, 0.29) is 0 Å². The summed E-state index contributed by atoms with van der Waals surface area (Å²) in [5.41, 5.74) is 1.30. The zero-order valence-electron chi connectivity index (χ0n) is 6.50. The first-order valence-electron chi connectivity index (χ1n) is 3.23. The standard InChI is InChI=1S/C8H9NO2/c1-6-3-7(11-2)4-9-8(6)5-10/h3-5H,1-2H3. The first-order valence-corrected chi connectivity index (χ1v) is 3.23. The van der Waals surface area contributed by atoms with Crippen LogP contribution in [0.15, 0.2) is 12.3 Å². The lowest BCUT2D eigenvalue weighted by molar-refractivity contribution is 0.111. The Morgan fingerprint density at radius 2 is 2.36 bits per heavy atom. The molecule has 0 saturated heterocycles. The second-order valence-electron chi connectivity index (χ2n) is 2.20. The number of pyridine rings is 1. The largest absolute Gasteiger partial charge is 0.495 e. The summed E-state index contributed by atoms with van der Waals surface area (Å²) in [5.74, 6) is 0.674. The van der Waals surface area contributed by atoms with Crippen LogP contribution < -0.4 is 4.74 Å². The van der Waals surface area contributed by atoms with Crippen LogP contribution in [-0.2, 0) is 0 Å². The lowest BCUT2D eigenvalue weighted by Gasteiger charge is -2.00. The first kappa shape index (κ1) is 7.72. The lowest BCUT2D eigenvalue weighted by Crippen LogP contribution is -1.92. The van der Waals surface area contributed by atoms with Crippen LogP contribution in [0.4, 0.5) is 0 Å². The van der Waals surface area contributed by atoms with Crippen LogP contribution in [0.2, 0.25) is 0 Å². The van der Waals surface area contributed by atoms with Crippen molar-refractivity contribution in [3.8, 4) is 5.75 Å². The van der Waals surface area contributed by atoms with Crippen molar-refractivity contribution in [1.29, 1.82) is 0 Å². The molecule has 1 rings (SSSR count). The molecule has 0 saturated carbocycles. The molecule has 0 atom stereocenters. The van der Waals surface area contributed by atoms with E-state index in [9.17, 15) is 4.79 Å². The Bertz CT molecular complexity index is 271. The smallest absolute Gasteiger partial charge is 0.168 e. The van der Waals surface area contributed by atoms with Gasteiger partial charge in [0, 0.05) is 0 Å². The summed E-state index contributed by atoms with van der Waals surface area (Å²) >= 11 is 0. The van der Waals surface area contributed by atoms with E-state index in [0.29, 0.717) is 11.4 Å². The number of ether oxygens (including phenoxy) is 1. The van der Waals surface area contributed by atoms with Crippen molar-refractivity contribution in [3.05, 3.63) is 23.5 Å². The quantitative estimate of drug-likeness (QED) is 0.596. The van der Waals surface area contributed by atoms with E-state index < -0.39 is 0 Å². The molecular weight excluding hydrogens is 142 g/mol. The molecule has 1 aromatic heterocycles. The van der Waals surface area contributed by atoms with E-state index in [1.54, 1.807) is 13.2 Å². The molecule has 0 aromatic carbocycles. The van der Waals surface area contributed by atoms with Crippen molar-refractivity contribution >= 4 is 6.29 Å². The molecule has 0 unspecified atom stereocenters. The second-order valence-corrected chi connectivity index (χ2v) is 2.20. The molecule has 0 fully saturated rings. The van der Waals surface area contributed by atoms with Crippen molar-refractivity contribution in [2.24, 2.45) is 0 Å². The molecule has 3 heteroatoms. The summed E-state index contributed by atoms with van der Waals surface area (Å²) in [6, 6.07) is 1.77. The average Bonchev–Trinajstić information content (AvgIpc) is 2.04. The van der Waals surface area contributed by atoms with E-state index >= 15 is 0 Å². The highest BCUT2D eigenvalue weighted by Gasteiger charge is 1.98. The topological polar surface area (TPSA) is 39.2 Å². The number of carbonyl (C=O) groups excluding carboxylic acids is 1. The summed E-state index contributed by atoms with van der Waals surface area (Å²) in [5, 5.41) is 0. The summed E-state index contributed by atoms with van der Waals surface area (Å²) in [6.45, 7) is 1.82. The number of hydrogen-bond acceptors (Lipinski definition) is 3. The molecular formula is C8H9NO2. The van der Waals surface area contributed by atoms with Gasteiger partial charge in [-0.2, -0.15) is 0 Å². The van der Waals surface area contributed by atoms with Gasteiger partial charge in [0.2, 0.25) is 0 Å². The van der Waals surface area contributed by atoms with Crippen LogP contribution in [0.3, 0.4) is 0 Å². The maximum Gasteiger partial charge on any atom is 0.168 e. The zero-order valence-corrected chi connectivity index (χ0v) is 6.50. The minimum Gasteiger partial charge on any atom is -0.495 e. The van der Waals surface area contributed by atoms with Gasteiger partial charge in [-0.3, -0.25) is 4.79 Å². The molecule has 1 heterocycles. The Balaban J connectivity index is 3.09. The van der Waals surface area contributed by atoms with Gasteiger partial charge in [-0.1, -0.05) is 0 Å². The number of hydrogen-bond donors (Lipinski definition) is 0.